The van der Waals surface area contributed by atoms with E-state index in [9.17, 15) is 9.59 Å². The molecule has 2 aromatic carbocycles. The molecule has 0 radical (unpaired) electrons. The van der Waals surface area contributed by atoms with Crippen molar-refractivity contribution in [1.29, 1.82) is 0 Å². The zero-order chi connectivity index (χ0) is 20.1. The Bertz CT molecular complexity index is 1060. The summed E-state index contributed by atoms with van der Waals surface area (Å²) in [6.07, 6.45) is 1.37. The van der Waals surface area contributed by atoms with E-state index in [4.69, 9.17) is 27.6 Å². The summed E-state index contributed by atoms with van der Waals surface area (Å²) in [4.78, 5) is 23.3. The highest BCUT2D eigenvalue weighted by molar-refractivity contribution is 6.43. The number of nitrogens with zero attached hydrogens (tertiary/aromatic N) is 1. The maximum absolute atomic E-state index is 12.2. The SMILES string of the molecule is CC(=O)Nc1cccc(C(=O)N/N=C\c2ccc(-c3cccc(Cl)c3Cl)o2)c1. The number of hydrogen-bond donors (Lipinski definition) is 2. The van der Waals surface area contributed by atoms with Crippen molar-refractivity contribution in [3.63, 3.8) is 0 Å². The molecule has 28 heavy (non-hydrogen) atoms. The monoisotopic (exact) mass is 415 g/mol. The third-order valence-electron chi connectivity index (χ3n) is 3.65. The van der Waals surface area contributed by atoms with Gasteiger partial charge in [-0.2, -0.15) is 5.10 Å². The van der Waals surface area contributed by atoms with Gasteiger partial charge in [0.25, 0.3) is 5.91 Å². The van der Waals surface area contributed by atoms with Crippen molar-refractivity contribution >= 4 is 46.9 Å². The molecule has 3 aromatic rings. The highest BCUT2D eigenvalue weighted by atomic mass is 35.5. The van der Waals surface area contributed by atoms with Crippen LogP contribution in [0.25, 0.3) is 11.3 Å². The molecular formula is C20H15Cl2N3O3. The second-order valence-electron chi connectivity index (χ2n) is 5.76. The molecule has 0 saturated carbocycles. The van der Waals surface area contributed by atoms with Gasteiger partial charge in [-0.25, -0.2) is 5.43 Å². The van der Waals surface area contributed by atoms with Gasteiger partial charge in [0, 0.05) is 23.7 Å². The highest BCUT2D eigenvalue weighted by Gasteiger charge is 2.10. The van der Waals surface area contributed by atoms with Crippen LogP contribution in [0.5, 0.6) is 0 Å². The van der Waals surface area contributed by atoms with Gasteiger partial charge in [-0.15, -0.1) is 0 Å². The second-order valence-corrected chi connectivity index (χ2v) is 6.55. The summed E-state index contributed by atoms with van der Waals surface area (Å²) in [6.45, 7) is 1.39. The maximum atomic E-state index is 12.2. The largest absolute Gasteiger partial charge is 0.455 e. The van der Waals surface area contributed by atoms with Gasteiger partial charge in [0.1, 0.15) is 11.5 Å². The molecule has 142 valence electrons. The van der Waals surface area contributed by atoms with Crippen LogP contribution >= 0.6 is 23.2 Å². The maximum Gasteiger partial charge on any atom is 0.271 e. The molecule has 0 aliphatic heterocycles. The van der Waals surface area contributed by atoms with Crippen LogP contribution in [-0.4, -0.2) is 18.0 Å². The summed E-state index contributed by atoms with van der Waals surface area (Å²) in [6, 6.07) is 15.2. The van der Waals surface area contributed by atoms with E-state index in [0.717, 1.165) is 0 Å². The van der Waals surface area contributed by atoms with Crippen molar-refractivity contribution in [1.82, 2.24) is 5.43 Å². The van der Waals surface area contributed by atoms with Crippen molar-refractivity contribution in [3.05, 3.63) is 76.0 Å². The minimum absolute atomic E-state index is 0.219. The quantitative estimate of drug-likeness (QED) is 0.455. The van der Waals surface area contributed by atoms with Crippen LogP contribution in [0.2, 0.25) is 10.0 Å². The van der Waals surface area contributed by atoms with E-state index in [1.54, 1.807) is 54.6 Å². The number of carbonyl (C=O) groups is 2. The normalized spacial score (nSPS) is 10.8. The number of benzene rings is 2. The smallest absolute Gasteiger partial charge is 0.271 e. The second kappa shape index (κ2) is 8.73. The molecule has 0 aliphatic rings. The van der Waals surface area contributed by atoms with E-state index in [1.807, 2.05) is 0 Å². The number of anilines is 1. The van der Waals surface area contributed by atoms with E-state index in [1.165, 1.54) is 13.1 Å². The van der Waals surface area contributed by atoms with Crippen LogP contribution in [-0.2, 0) is 4.79 Å². The lowest BCUT2D eigenvalue weighted by molar-refractivity contribution is -0.114. The predicted molar refractivity (Wildman–Crippen MR) is 110 cm³/mol. The fourth-order valence-electron chi connectivity index (χ4n) is 2.42. The molecule has 2 amide bonds. The van der Waals surface area contributed by atoms with E-state index >= 15 is 0 Å². The van der Waals surface area contributed by atoms with E-state index in [0.29, 0.717) is 38.4 Å². The van der Waals surface area contributed by atoms with Crippen LogP contribution in [0.4, 0.5) is 5.69 Å². The Balaban J connectivity index is 1.67. The first-order valence-electron chi connectivity index (χ1n) is 8.19. The molecule has 0 bridgehead atoms. The Kier molecular flexibility index (Phi) is 6.13. The molecule has 1 heterocycles. The molecule has 0 aliphatic carbocycles. The molecule has 2 N–H and O–H groups in total. The van der Waals surface area contributed by atoms with Crippen molar-refractivity contribution in [3.8, 4) is 11.3 Å². The minimum Gasteiger partial charge on any atom is -0.455 e. The lowest BCUT2D eigenvalue weighted by atomic mass is 10.2. The lowest BCUT2D eigenvalue weighted by Gasteiger charge is -2.04. The number of carbonyl (C=O) groups excluding carboxylic acids is 2. The third kappa shape index (κ3) is 4.79. The van der Waals surface area contributed by atoms with Crippen molar-refractivity contribution < 1.29 is 14.0 Å². The van der Waals surface area contributed by atoms with Crippen LogP contribution < -0.4 is 10.7 Å². The summed E-state index contributed by atoms with van der Waals surface area (Å²) in [5.41, 5.74) is 3.95. The number of nitrogens with one attached hydrogen (secondary N) is 2. The Morgan fingerprint density at radius 3 is 2.64 bits per heavy atom. The molecule has 0 fully saturated rings. The fourth-order valence-corrected chi connectivity index (χ4v) is 2.82. The Morgan fingerprint density at radius 1 is 1.07 bits per heavy atom. The average Bonchev–Trinajstić information content (AvgIpc) is 3.12. The van der Waals surface area contributed by atoms with Gasteiger partial charge >= 0.3 is 0 Å². The third-order valence-corrected chi connectivity index (χ3v) is 4.47. The van der Waals surface area contributed by atoms with Gasteiger partial charge in [-0.3, -0.25) is 9.59 Å². The molecule has 0 saturated heterocycles. The molecule has 0 spiro atoms. The number of hydrazone groups is 1. The van der Waals surface area contributed by atoms with Crippen LogP contribution in [0.15, 0.2) is 64.1 Å². The van der Waals surface area contributed by atoms with Crippen molar-refractivity contribution in [2.75, 3.05) is 5.32 Å². The molecule has 6 nitrogen and oxygen atoms in total. The van der Waals surface area contributed by atoms with Gasteiger partial charge in [0.15, 0.2) is 0 Å². The van der Waals surface area contributed by atoms with Crippen LogP contribution in [0.1, 0.15) is 23.0 Å². The first kappa shape index (κ1) is 19.7. The van der Waals surface area contributed by atoms with Gasteiger partial charge in [-0.1, -0.05) is 35.3 Å². The van der Waals surface area contributed by atoms with E-state index in [2.05, 4.69) is 15.8 Å². The van der Waals surface area contributed by atoms with Gasteiger partial charge in [0.2, 0.25) is 5.91 Å². The van der Waals surface area contributed by atoms with Gasteiger partial charge < -0.3 is 9.73 Å². The zero-order valence-electron chi connectivity index (χ0n) is 14.7. The van der Waals surface area contributed by atoms with E-state index < -0.39 is 5.91 Å². The number of hydrogen-bond acceptors (Lipinski definition) is 4. The molecule has 0 unspecified atom stereocenters. The molecule has 3 rings (SSSR count). The summed E-state index contributed by atoms with van der Waals surface area (Å²) < 4.78 is 5.66. The first-order valence-corrected chi connectivity index (χ1v) is 8.95. The zero-order valence-corrected chi connectivity index (χ0v) is 16.2. The topological polar surface area (TPSA) is 83.7 Å². The molecule has 0 atom stereocenters. The highest BCUT2D eigenvalue weighted by Crippen LogP contribution is 2.34. The van der Waals surface area contributed by atoms with Gasteiger partial charge in [-0.05, 0) is 42.5 Å². The number of furan rings is 1. The summed E-state index contributed by atoms with van der Waals surface area (Å²) in [5, 5.41) is 7.33. The molecule has 8 heteroatoms. The fraction of sp³-hybridized carbons (Fsp3) is 0.0500. The number of halogens is 2. The Labute approximate surface area is 171 Å². The van der Waals surface area contributed by atoms with Crippen molar-refractivity contribution in [2.24, 2.45) is 5.10 Å². The molecule has 1 aromatic heterocycles. The van der Waals surface area contributed by atoms with Crippen LogP contribution in [0.3, 0.4) is 0 Å². The minimum atomic E-state index is -0.423. The standard InChI is InChI=1S/C20H15Cl2N3O3/c1-12(26)24-14-5-2-4-13(10-14)20(27)25-23-11-15-8-9-18(28-15)16-6-3-7-17(21)19(16)22/h2-11H,1H3,(H,24,26)(H,25,27)/b23-11-. The van der Waals surface area contributed by atoms with Gasteiger partial charge in [0.05, 0.1) is 16.3 Å². The summed E-state index contributed by atoms with van der Waals surface area (Å²) >= 11 is 12.2. The lowest BCUT2D eigenvalue weighted by Crippen LogP contribution is -2.18. The molecular weight excluding hydrogens is 401 g/mol. The number of rotatable bonds is 5. The summed E-state index contributed by atoms with van der Waals surface area (Å²) in [7, 11) is 0. The average molecular weight is 416 g/mol. The number of amides is 2. The van der Waals surface area contributed by atoms with Crippen molar-refractivity contribution in [2.45, 2.75) is 6.92 Å². The first-order chi connectivity index (χ1) is 13.4. The van der Waals surface area contributed by atoms with Crippen LogP contribution in [0, 0.1) is 0 Å². The Morgan fingerprint density at radius 2 is 1.86 bits per heavy atom. The summed E-state index contributed by atoms with van der Waals surface area (Å²) in [5.74, 6) is 0.318. The Hall–Kier alpha value is -3.09. The predicted octanol–water partition coefficient (Wildman–Crippen LogP) is 4.98. The van der Waals surface area contributed by atoms with E-state index in [-0.39, 0.29) is 5.91 Å².